The second kappa shape index (κ2) is 6.24. The molecule has 0 bridgehead atoms. The highest BCUT2D eigenvalue weighted by molar-refractivity contribution is 5.78. The molecular weight excluding hydrogens is 212 g/mol. The molecule has 1 aliphatic heterocycles. The summed E-state index contributed by atoms with van der Waals surface area (Å²) in [5.74, 6) is 1.26. The molecule has 1 heterocycles. The number of likely N-dealkylation sites (tertiary alicyclic amines) is 1. The molecule has 0 aromatic heterocycles. The van der Waals surface area contributed by atoms with Gasteiger partial charge in [0.1, 0.15) is 0 Å². The fourth-order valence-corrected chi connectivity index (χ4v) is 2.23. The van der Waals surface area contributed by atoms with Crippen LogP contribution in [0.5, 0.6) is 0 Å². The van der Waals surface area contributed by atoms with Crippen molar-refractivity contribution in [3.63, 3.8) is 0 Å². The van der Waals surface area contributed by atoms with Crippen molar-refractivity contribution in [2.75, 3.05) is 26.2 Å². The summed E-state index contributed by atoms with van der Waals surface area (Å²) in [7, 11) is 0. The summed E-state index contributed by atoms with van der Waals surface area (Å²) in [5, 5.41) is 3.19. The van der Waals surface area contributed by atoms with Gasteiger partial charge in [-0.25, -0.2) is 0 Å². The van der Waals surface area contributed by atoms with Crippen molar-refractivity contribution >= 4 is 5.96 Å². The molecule has 0 spiro atoms. The fourth-order valence-electron chi connectivity index (χ4n) is 2.23. The van der Waals surface area contributed by atoms with Crippen molar-refractivity contribution in [3.05, 3.63) is 0 Å². The number of rotatable bonds is 4. The molecule has 0 amide bonds. The van der Waals surface area contributed by atoms with E-state index in [-0.39, 0.29) is 5.54 Å². The molecule has 3 N–H and O–H groups in total. The molecular formula is C13H28N4. The number of nitrogens with zero attached hydrogens (tertiary/aromatic N) is 2. The van der Waals surface area contributed by atoms with Crippen LogP contribution in [-0.4, -0.2) is 42.6 Å². The van der Waals surface area contributed by atoms with Crippen molar-refractivity contribution in [2.24, 2.45) is 16.6 Å². The van der Waals surface area contributed by atoms with Crippen molar-refractivity contribution in [1.82, 2.24) is 10.2 Å². The van der Waals surface area contributed by atoms with E-state index in [9.17, 15) is 0 Å². The molecule has 0 aliphatic carbocycles. The lowest BCUT2D eigenvalue weighted by Gasteiger charge is -2.21. The lowest BCUT2D eigenvalue weighted by molar-refractivity contribution is 0.326. The van der Waals surface area contributed by atoms with Gasteiger partial charge in [0.2, 0.25) is 0 Å². The highest BCUT2D eigenvalue weighted by atomic mass is 15.2. The molecule has 1 atom stereocenters. The second-order valence-electron chi connectivity index (χ2n) is 6.06. The number of guanidine groups is 1. The van der Waals surface area contributed by atoms with Crippen LogP contribution in [0.3, 0.4) is 0 Å². The molecule has 100 valence electrons. The molecule has 1 unspecified atom stereocenters. The summed E-state index contributed by atoms with van der Waals surface area (Å²) >= 11 is 0. The van der Waals surface area contributed by atoms with Gasteiger partial charge in [0.25, 0.3) is 0 Å². The molecule has 1 rings (SSSR count). The van der Waals surface area contributed by atoms with Crippen LogP contribution in [-0.2, 0) is 0 Å². The van der Waals surface area contributed by atoms with Gasteiger partial charge in [-0.1, -0.05) is 6.92 Å². The van der Waals surface area contributed by atoms with Crippen LogP contribution in [0.2, 0.25) is 0 Å². The third-order valence-corrected chi connectivity index (χ3v) is 2.93. The van der Waals surface area contributed by atoms with Gasteiger partial charge in [-0.15, -0.1) is 0 Å². The highest BCUT2D eigenvalue weighted by Gasteiger charge is 2.21. The van der Waals surface area contributed by atoms with Crippen LogP contribution in [0.25, 0.3) is 0 Å². The zero-order valence-corrected chi connectivity index (χ0v) is 11.8. The van der Waals surface area contributed by atoms with E-state index in [0.717, 1.165) is 6.54 Å². The molecule has 17 heavy (non-hydrogen) atoms. The Kier molecular flexibility index (Phi) is 5.25. The first-order chi connectivity index (χ1) is 7.90. The maximum Gasteiger partial charge on any atom is 0.188 e. The zero-order chi connectivity index (χ0) is 12.9. The average Bonchev–Trinajstić information content (AvgIpc) is 2.61. The summed E-state index contributed by atoms with van der Waals surface area (Å²) in [4.78, 5) is 6.96. The summed E-state index contributed by atoms with van der Waals surface area (Å²) in [6, 6.07) is 0. The summed E-state index contributed by atoms with van der Waals surface area (Å²) < 4.78 is 0. The molecule has 1 fully saturated rings. The summed E-state index contributed by atoms with van der Waals surface area (Å²) in [6.07, 6.45) is 2.50. The van der Waals surface area contributed by atoms with Crippen LogP contribution in [0, 0.1) is 5.92 Å². The minimum atomic E-state index is -0.00247. The van der Waals surface area contributed by atoms with E-state index in [0.29, 0.717) is 11.9 Å². The van der Waals surface area contributed by atoms with Gasteiger partial charge in [0.05, 0.1) is 0 Å². The number of aliphatic imine (C=N–C) groups is 1. The zero-order valence-electron chi connectivity index (χ0n) is 11.8. The Hall–Kier alpha value is -0.770. The monoisotopic (exact) mass is 240 g/mol. The van der Waals surface area contributed by atoms with E-state index in [1.54, 1.807) is 0 Å². The van der Waals surface area contributed by atoms with E-state index in [2.05, 4.69) is 42.9 Å². The number of nitrogens with two attached hydrogens (primary N) is 1. The lowest BCUT2D eigenvalue weighted by Crippen LogP contribution is -2.45. The smallest absolute Gasteiger partial charge is 0.188 e. The first-order valence-electron chi connectivity index (χ1n) is 6.71. The average molecular weight is 240 g/mol. The molecule has 4 heteroatoms. The number of nitrogens with one attached hydrogen (secondary N) is 1. The Morgan fingerprint density at radius 1 is 1.47 bits per heavy atom. The molecule has 4 nitrogen and oxygen atoms in total. The predicted molar refractivity (Wildman–Crippen MR) is 74.2 cm³/mol. The van der Waals surface area contributed by atoms with Crippen molar-refractivity contribution in [3.8, 4) is 0 Å². The normalized spacial score (nSPS) is 23.1. The van der Waals surface area contributed by atoms with Crippen LogP contribution < -0.4 is 11.1 Å². The summed E-state index contributed by atoms with van der Waals surface area (Å²) in [6.45, 7) is 13.0. The largest absolute Gasteiger partial charge is 0.370 e. The van der Waals surface area contributed by atoms with E-state index < -0.39 is 0 Å². The van der Waals surface area contributed by atoms with Gasteiger partial charge in [0, 0.05) is 18.6 Å². The maximum atomic E-state index is 5.86. The highest BCUT2D eigenvalue weighted by Crippen LogP contribution is 2.16. The van der Waals surface area contributed by atoms with Crippen molar-refractivity contribution in [2.45, 2.75) is 46.1 Å². The van der Waals surface area contributed by atoms with E-state index in [1.807, 2.05) is 0 Å². The predicted octanol–water partition coefficient (Wildman–Crippen LogP) is 1.42. The Balaban J connectivity index is 2.29. The number of hydrogen-bond acceptors (Lipinski definition) is 2. The minimum absolute atomic E-state index is 0.00247. The molecule has 0 saturated carbocycles. The molecule has 0 aromatic rings. The van der Waals surface area contributed by atoms with Gasteiger partial charge in [-0.3, -0.25) is 4.99 Å². The Morgan fingerprint density at radius 3 is 2.76 bits per heavy atom. The van der Waals surface area contributed by atoms with Gasteiger partial charge < -0.3 is 16.0 Å². The van der Waals surface area contributed by atoms with E-state index in [1.165, 1.54) is 32.5 Å². The first kappa shape index (κ1) is 14.3. The van der Waals surface area contributed by atoms with Crippen molar-refractivity contribution < 1.29 is 0 Å². The van der Waals surface area contributed by atoms with Gasteiger partial charge in [-0.05, 0) is 52.6 Å². The van der Waals surface area contributed by atoms with Crippen LogP contribution >= 0.6 is 0 Å². The maximum absolute atomic E-state index is 5.86. The van der Waals surface area contributed by atoms with Crippen LogP contribution in [0.1, 0.15) is 40.5 Å². The fraction of sp³-hybridized carbons (Fsp3) is 0.923. The van der Waals surface area contributed by atoms with Crippen molar-refractivity contribution in [1.29, 1.82) is 0 Å². The first-order valence-corrected chi connectivity index (χ1v) is 6.71. The third-order valence-electron chi connectivity index (χ3n) is 2.93. The lowest BCUT2D eigenvalue weighted by atomic mass is 10.1. The van der Waals surface area contributed by atoms with Gasteiger partial charge in [0.15, 0.2) is 5.96 Å². The molecule has 1 aliphatic rings. The Morgan fingerprint density at radius 2 is 2.18 bits per heavy atom. The SMILES string of the molecule is CCCN1CCC(CN=C(N)NC(C)(C)C)C1. The van der Waals surface area contributed by atoms with E-state index >= 15 is 0 Å². The minimum Gasteiger partial charge on any atom is -0.370 e. The Labute approximate surface area is 106 Å². The van der Waals surface area contributed by atoms with E-state index in [4.69, 9.17) is 5.73 Å². The topological polar surface area (TPSA) is 53.6 Å². The van der Waals surface area contributed by atoms with Gasteiger partial charge >= 0.3 is 0 Å². The molecule has 1 saturated heterocycles. The number of hydrogen-bond donors (Lipinski definition) is 2. The third kappa shape index (κ3) is 5.91. The Bertz CT molecular complexity index is 255. The standard InChI is InChI=1S/C13H28N4/c1-5-7-17-8-6-11(10-17)9-15-12(14)16-13(2,3)4/h11H,5-10H2,1-4H3,(H3,14,15,16). The van der Waals surface area contributed by atoms with Crippen LogP contribution in [0.15, 0.2) is 4.99 Å². The molecule has 0 radical (unpaired) electrons. The molecule has 0 aromatic carbocycles. The quantitative estimate of drug-likeness (QED) is 0.577. The second-order valence-corrected chi connectivity index (χ2v) is 6.06. The summed E-state index contributed by atoms with van der Waals surface area (Å²) in [5.41, 5.74) is 5.85. The van der Waals surface area contributed by atoms with Gasteiger partial charge in [-0.2, -0.15) is 0 Å². The van der Waals surface area contributed by atoms with Crippen LogP contribution in [0.4, 0.5) is 0 Å².